The van der Waals surface area contributed by atoms with Crippen LogP contribution in [0.15, 0.2) is 215 Å². The van der Waals surface area contributed by atoms with Gasteiger partial charge in [-0.2, -0.15) is 0 Å². The lowest BCUT2D eigenvalue weighted by Crippen LogP contribution is -2.59. The number of nitrogens with zero attached hydrogens (tertiary/aromatic N) is 2. The van der Waals surface area contributed by atoms with Gasteiger partial charge in [-0.3, -0.25) is 0 Å². The molecule has 78 heavy (non-hydrogen) atoms. The number of hydrogen-bond donors (Lipinski definition) is 0. The predicted molar refractivity (Wildman–Crippen MR) is 335 cm³/mol. The summed E-state index contributed by atoms with van der Waals surface area (Å²) in [5.74, 6) is 1.71. The van der Waals surface area contributed by atoms with Gasteiger partial charge in [0.15, 0.2) is 0 Å². The van der Waals surface area contributed by atoms with E-state index in [9.17, 15) is 0 Å². The first kappa shape index (κ1) is 46.9. The van der Waals surface area contributed by atoms with Crippen molar-refractivity contribution in [2.45, 2.75) is 59.3 Å². The van der Waals surface area contributed by atoms with E-state index >= 15 is 0 Å². The number of furan rings is 2. The number of anilines is 6. The Bertz CT molecular complexity index is 4210. The Kier molecular flexibility index (Phi) is 10.4. The summed E-state index contributed by atoms with van der Waals surface area (Å²) in [5, 5.41) is 4.75. The maximum atomic E-state index is 6.60. The molecule has 0 amide bonds. The van der Waals surface area contributed by atoms with Gasteiger partial charge in [0, 0.05) is 74.1 Å². The molecule has 0 aliphatic carbocycles. The Morgan fingerprint density at radius 2 is 0.821 bits per heavy atom. The quantitative estimate of drug-likeness (QED) is 0.155. The van der Waals surface area contributed by atoms with Crippen molar-refractivity contribution in [1.29, 1.82) is 0 Å². The van der Waals surface area contributed by atoms with Crippen molar-refractivity contribution in [3.63, 3.8) is 0 Å². The van der Waals surface area contributed by atoms with Crippen LogP contribution in [-0.4, -0.2) is 6.71 Å². The molecule has 6 heterocycles. The lowest BCUT2D eigenvalue weighted by Gasteiger charge is -2.43. The van der Waals surface area contributed by atoms with Crippen LogP contribution in [0.5, 0.6) is 0 Å². The molecule has 4 nitrogen and oxygen atoms in total. The van der Waals surface area contributed by atoms with Gasteiger partial charge in [0.25, 0.3) is 6.71 Å². The monoisotopic (exact) mass is 1040 g/mol. The molecule has 0 fully saturated rings. The van der Waals surface area contributed by atoms with Crippen molar-refractivity contribution < 1.29 is 8.83 Å². The molecular weight excluding hydrogens is 988 g/mol. The normalized spacial score (nSPS) is 13.2. The van der Waals surface area contributed by atoms with E-state index in [1.165, 1.54) is 74.6 Å². The van der Waals surface area contributed by atoms with Gasteiger partial charge in [0.1, 0.15) is 22.7 Å². The van der Waals surface area contributed by atoms with Crippen molar-refractivity contribution in [2.24, 2.45) is 0 Å². The molecule has 2 aliphatic heterocycles. The van der Waals surface area contributed by atoms with Crippen LogP contribution < -0.4 is 24.8 Å². The third kappa shape index (κ3) is 7.39. The smallest absolute Gasteiger partial charge is 0.277 e. The minimum absolute atomic E-state index is 0.0379. The van der Waals surface area contributed by atoms with E-state index < -0.39 is 0 Å². The summed E-state index contributed by atoms with van der Waals surface area (Å²) in [5.41, 5.74) is 20.6. The average molecular weight is 1040 g/mol. The van der Waals surface area contributed by atoms with Crippen LogP contribution >= 0.6 is 22.7 Å². The van der Waals surface area contributed by atoms with Crippen molar-refractivity contribution in [2.75, 3.05) is 9.80 Å². The zero-order chi connectivity index (χ0) is 52.8. The van der Waals surface area contributed by atoms with Gasteiger partial charge in [-0.1, -0.05) is 151 Å². The van der Waals surface area contributed by atoms with Gasteiger partial charge in [-0.15, -0.1) is 22.7 Å². The molecule has 0 radical (unpaired) electrons. The van der Waals surface area contributed by atoms with E-state index in [0.29, 0.717) is 0 Å². The maximum Gasteiger partial charge on any atom is 0.277 e. The van der Waals surface area contributed by atoms with Gasteiger partial charge in [-0.05, 0) is 148 Å². The molecule has 376 valence electrons. The molecule has 0 saturated carbocycles. The molecule has 0 saturated heterocycles. The second-order valence-corrected chi connectivity index (χ2v) is 25.5. The van der Waals surface area contributed by atoms with Gasteiger partial charge in [-0.25, -0.2) is 0 Å². The SMILES string of the molecule is Cc1cc2c3c(c1)N(c1ccc(-c4cc5ccccc5o4)cc1-c1ccccc1)c1c(sc4ccc(C(C)(C)C)cc14)B3c1sc3ccc(C(C)(C)C)cc3c1N2c1ccc(-c2cc3ccccc3o2)cc1-c1ccccc1. The number of thiophene rings is 2. The summed E-state index contributed by atoms with van der Waals surface area (Å²) in [4.78, 5) is 5.29. The lowest BCUT2D eigenvalue weighted by molar-refractivity contribution is 0.591. The summed E-state index contributed by atoms with van der Waals surface area (Å²) in [6, 6.07) is 76.2. The minimum atomic E-state index is -0.0568. The zero-order valence-corrected chi connectivity index (χ0v) is 46.4. The fraction of sp³-hybridized carbons (Fsp3) is 0.127. The van der Waals surface area contributed by atoms with Crippen LogP contribution in [0.1, 0.15) is 58.2 Å². The van der Waals surface area contributed by atoms with Crippen molar-refractivity contribution >= 4 is 121 Å². The molecule has 4 aromatic heterocycles. The second-order valence-electron chi connectivity index (χ2n) is 23.4. The van der Waals surface area contributed by atoms with E-state index in [-0.39, 0.29) is 17.5 Å². The fourth-order valence-electron chi connectivity index (χ4n) is 12.3. The van der Waals surface area contributed by atoms with Gasteiger partial charge < -0.3 is 18.6 Å². The first-order valence-corrected chi connectivity index (χ1v) is 28.7. The Balaban J connectivity index is 1.05. The molecule has 0 atom stereocenters. The molecule has 7 heteroatoms. The van der Waals surface area contributed by atoms with Crippen LogP contribution in [0, 0.1) is 6.92 Å². The minimum Gasteiger partial charge on any atom is -0.456 e. The molecule has 0 unspecified atom stereocenters. The highest BCUT2D eigenvalue weighted by atomic mass is 32.1. The van der Waals surface area contributed by atoms with Crippen LogP contribution in [0.25, 0.3) is 87.0 Å². The number of aryl methyl sites for hydroxylation is 1. The standard InChI is InChI=1S/C71H55BN2O2S2/c1-42-34-57-65-58(35-42)74(56-31-27-48(37-52(56)44-20-12-9-13-21-44)62-39-46-23-15-17-25-60(46)76-62)67-54-41-50(71(5,6)7)29-33-64(54)78-69(67)72(65)68-66(53-40-49(70(2,3)4)28-32-63(53)77-68)73(57)55-30-26-47(36-51(55)43-18-10-8-11-19-43)61-38-45-22-14-16-24-59(45)75-61/h8-41H,1-7H3. The van der Waals surface area contributed by atoms with E-state index in [0.717, 1.165) is 78.2 Å². The van der Waals surface area contributed by atoms with E-state index in [1.807, 2.05) is 34.8 Å². The predicted octanol–water partition coefficient (Wildman–Crippen LogP) is 19.3. The largest absolute Gasteiger partial charge is 0.456 e. The maximum absolute atomic E-state index is 6.60. The summed E-state index contributed by atoms with van der Waals surface area (Å²) in [7, 11) is 0. The van der Waals surface area contributed by atoms with Gasteiger partial charge in [0.2, 0.25) is 0 Å². The Morgan fingerprint density at radius 3 is 1.24 bits per heavy atom. The van der Waals surface area contributed by atoms with E-state index in [1.54, 1.807) is 0 Å². The Hall–Kier alpha value is -8.36. The van der Waals surface area contributed by atoms with Crippen molar-refractivity contribution in [1.82, 2.24) is 0 Å². The zero-order valence-electron chi connectivity index (χ0n) is 44.7. The highest BCUT2D eigenvalue weighted by molar-refractivity contribution is 7.40. The van der Waals surface area contributed by atoms with Crippen LogP contribution in [0.4, 0.5) is 34.1 Å². The van der Waals surface area contributed by atoms with Crippen LogP contribution in [-0.2, 0) is 10.8 Å². The molecular formula is C71H55BN2O2S2. The number of hydrogen-bond acceptors (Lipinski definition) is 6. The highest BCUT2D eigenvalue weighted by Gasteiger charge is 2.48. The summed E-state index contributed by atoms with van der Waals surface area (Å²) in [6.07, 6.45) is 0. The molecule has 2 aliphatic rings. The van der Waals surface area contributed by atoms with Crippen molar-refractivity contribution in [3.05, 3.63) is 223 Å². The number of benzene rings is 9. The molecule has 0 N–H and O–H groups in total. The fourth-order valence-corrected chi connectivity index (χ4v) is 14.9. The number of fused-ring (bicyclic) bond motifs is 10. The van der Waals surface area contributed by atoms with Crippen LogP contribution in [0.3, 0.4) is 0 Å². The molecule has 13 aromatic rings. The number of rotatable bonds is 6. The third-order valence-electron chi connectivity index (χ3n) is 16.2. The highest BCUT2D eigenvalue weighted by Crippen LogP contribution is 2.54. The Morgan fingerprint density at radius 1 is 0.397 bits per heavy atom. The Labute approximate surface area is 463 Å². The third-order valence-corrected chi connectivity index (χ3v) is 18.6. The van der Waals surface area contributed by atoms with E-state index in [4.69, 9.17) is 8.83 Å². The number of para-hydroxylation sites is 2. The second kappa shape index (κ2) is 17.3. The van der Waals surface area contributed by atoms with Crippen LogP contribution in [0.2, 0.25) is 0 Å². The summed E-state index contributed by atoms with van der Waals surface area (Å²) < 4.78 is 18.5. The van der Waals surface area contributed by atoms with Gasteiger partial charge in [0.05, 0.1) is 22.7 Å². The first-order chi connectivity index (χ1) is 37.8. The molecule has 0 bridgehead atoms. The summed E-state index contributed by atoms with van der Waals surface area (Å²) in [6.45, 7) is 16.2. The first-order valence-electron chi connectivity index (χ1n) is 27.1. The van der Waals surface area contributed by atoms with Crippen molar-refractivity contribution in [3.8, 4) is 44.9 Å². The average Bonchev–Trinajstić information content (AvgIpc) is 3.34. The van der Waals surface area contributed by atoms with E-state index in [2.05, 4.69) is 252 Å². The topological polar surface area (TPSA) is 32.8 Å². The lowest BCUT2D eigenvalue weighted by atomic mass is 9.39. The molecule has 0 spiro atoms. The summed E-state index contributed by atoms with van der Waals surface area (Å²) >= 11 is 3.93. The van der Waals surface area contributed by atoms with Gasteiger partial charge >= 0.3 is 0 Å². The molecule has 15 rings (SSSR count). The molecule has 9 aromatic carbocycles.